The predicted octanol–water partition coefficient (Wildman–Crippen LogP) is 4.24. The van der Waals surface area contributed by atoms with Gasteiger partial charge >= 0.3 is 0 Å². The number of hydrogen-bond donors (Lipinski definition) is 2. The van der Waals surface area contributed by atoms with Crippen LogP contribution in [-0.2, 0) is 6.54 Å². The standard InChI is InChI=1S/C19H18ClN5S/c1-12-18(14-5-6-15(10-21)17(20)9-14)19(22)24-25(12)11-13-3-7-16(8-4-13)26-23-2/h3-9,23H,11H2,1-2H3,(H2,22,24). The van der Waals surface area contributed by atoms with Crippen molar-refractivity contribution >= 4 is 29.4 Å². The van der Waals surface area contributed by atoms with Gasteiger partial charge in [-0.2, -0.15) is 10.4 Å². The summed E-state index contributed by atoms with van der Waals surface area (Å²) in [6, 6.07) is 15.7. The van der Waals surface area contributed by atoms with E-state index in [-0.39, 0.29) is 0 Å². The lowest BCUT2D eigenvalue weighted by molar-refractivity contribution is 0.668. The van der Waals surface area contributed by atoms with Gasteiger partial charge in [0.05, 0.1) is 17.1 Å². The number of hydrogen-bond acceptors (Lipinski definition) is 5. The van der Waals surface area contributed by atoms with Gasteiger partial charge < -0.3 is 5.73 Å². The average Bonchev–Trinajstić information content (AvgIpc) is 2.90. The molecule has 0 spiro atoms. The van der Waals surface area contributed by atoms with Crippen LogP contribution in [0, 0.1) is 18.3 Å². The topological polar surface area (TPSA) is 79.7 Å². The van der Waals surface area contributed by atoms with Gasteiger partial charge in [0.1, 0.15) is 6.07 Å². The van der Waals surface area contributed by atoms with E-state index in [9.17, 15) is 0 Å². The van der Waals surface area contributed by atoms with Crippen molar-refractivity contribution in [2.24, 2.45) is 0 Å². The third kappa shape index (κ3) is 3.70. The Labute approximate surface area is 161 Å². The number of nitriles is 1. The minimum absolute atomic E-state index is 0.411. The van der Waals surface area contributed by atoms with Crippen molar-refractivity contribution in [3.63, 3.8) is 0 Å². The van der Waals surface area contributed by atoms with E-state index >= 15 is 0 Å². The van der Waals surface area contributed by atoms with E-state index in [1.807, 2.05) is 24.7 Å². The van der Waals surface area contributed by atoms with Gasteiger partial charge in [-0.1, -0.05) is 29.8 Å². The number of benzene rings is 2. The first-order valence-corrected chi connectivity index (χ1v) is 9.18. The highest BCUT2D eigenvalue weighted by Gasteiger charge is 2.15. The Balaban J connectivity index is 1.91. The fraction of sp³-hybridized carbons (Fsp3) is 0.158. The fourth-order valence-electron chi connectivity index (χ4n) is 2.80. The second-order valence-corrected chi connectivity index (χ2v) is 7.25. The summed E-state index contributed by atoms with van der Waals surface area (Å²) < 4.78 is 4.94. The molecule has 5 nitrogen and oxygen atoms in total. The molecule has 0 aliphatic carbocycles. The molecule has 0 amide bonds. The van der Waals surface area contributed by atoms with Crippen LogP contribution in [0.4, 0.5) is 5.82 Å². The van der Waals surface area contributed by atoms with Crippen molar-refractivity contribution < 1.29 is 0 Å². The number of nitrogen functional groups attached to an aromatic ring is 1. The minimum atomic E-state index is 0.411. The maximum absolute atomic E-state index is 9.03. The molecular weight excluding hydrogens is 366 g/mol. The number of aromatic nitrogens is 2. The van der Waals surface area contributed by atoms with Gasteiger partial charge in [0.15, 0.2) is 5.82 Å². The molecule has 0 saturated carbocycles. The third-order valence-electron chi connectivity index (χ3n) is 4.09. The van der Waals surface area contributed by atoms with Crippen molar-refractivity contribution in [2.45, 2.75) is 18.4 Å². The first-order chi connectivity index (χ1) is 12.5. The SMILES string of the molecule is CNSc1ccc(Cn2nc(N)c(-c3ccc(C#N)c(Cl)c3)c2C)cc1. The number of nitrogens with zero attached hydrogens (tertiary/aromatic N) is 3. The highest BCUT2D eigenvalue weighted by molar-refractivity contribution is 7.97. The molecule has 1 heterocycles. The monoisotopic (exact) mass is 383 g/mol. The number of halogens is 1. The van der Waals surface area contributed by atoms with Gasteiger partial charge in [-0.3, -0.25) is 9.40 Å². The Morgan fingerprint density at radius 3 is 2.62 bits per heavy atom. The number of nitrogens with two attached hydrogens (primary N) is 1. The van der Waals surface area contributed by atoms with E-state index in [1.165, 1.54) is 0 Å². The van der Waals surface area contributed by atoms with Crippen LogP contribution < -0.4 is 10.5 Å². The third-order valence-corrected chi connectivity index (χ3v) is 5.11. The van der Waals surface area contributed by atoms with Crippen molar-refractivity contribution in [1.82, 2.24) is 14.5 Å². The van der Waals surface area contributed by atoms with Crippen LogP contribution in [0.3, 0.4) is 0 Å². The Morgan fingerprint density at radius 1 is 1.27 bits per heavy atom. The Morgan fingerprint density at radius 2 is 2.00 bits per heavy atom. The molecule has 0 bridgehead atoms. The minimum Gasteiger partial charge on any atom is -0.382 e. The van der Waals surface area contributed by atoms with E-state index in [4.69, 9.17) is 22.6 Å². The Hall–Kier alpha value is -2.46. The highest BCUT2D eigenvalue weighted by Crippen LogP contribution is 2.32. The van der Waals surface area contributed by atoms with Crippen LogP contribution in [0.2, 0.25) is 5.02 Å². The Bertz CT molecular complexity index is 973. The second kappa shape index (κ2) is 7.83. The quantitative estimate of drug-likeness (QED) is 0.644. The summed E-state index contributed by atoms with van der Waals surface area (Å²) >= 11 is 7.74. The molecule has 3 rings (SSSR count). The number of anilines is 1. The normalized spacial score (nSPS) is 10.7. The van der Waals surface area contributed by atoms with Gasteiger partial charge in [-0.05, 0) is 61.3 Å². The highest BCUT2D eigenvalue weighted by atomic mass is 35.5. The van der Waals surface area contributed by atoms with E-state index in [2.05, 4.69) is 40.2 Å². The first-order valence-electron chi connectivity index (χ1n) is 7.99. The number of rotatable bonds is 5. The summed E-state index contributed by atoms with van der Waals surface area (Å²) in [5.74, 6) is 0.450. The van der Waals surface area contributed by atoms with Gasteiger partial charge in [-0.25, -0.2) is 0 Å². The number of nitrogens with one attached hydrogen (secondary N) is 1. The largest absolute Gasteiger partial charge is 0.382 e. The summed E-state index contributed by atoms with van der Waals surface area (Å²) in [4.78, 5) is 1.15. The molecule has 7 heteroatoms. The van der Waals surface area contributed by atoms with Crippen LogP contribution in [0.1, 0.15) is 16.8 Å². The van der Waals surface area contributed by atoms with Gasteiger partial charge in [-0.15, -0.1) is 0 Å². The summed E-state index contributed by atoms with van der Waals surface area (Å²) in [6.07, 6.45) is 0. The fourth-order valence-corrected chi connectivity index (χ4v) is 3.53. The van der Waals surface area contributed by atoms with Crippen molar-refractivity contribution in [3.8, 4) is 17.2 Å². The molecule has 3 N–H and O–H groups in total. The van der Waals surface area contributed by atoms with E-state index < -0.39 is 0 Å². The van der Waals surface area contributed by atoms with Crippen molar-refractivity contribution in [3.05, 3.63) is 64.3 Å². The molecule has 26 heavy (non-hydrogen) atoms. The molecular formula is C19H18ClN5S. The zero-order valence-electron chi connectivity index (χ0n) is 14.5. The molecule has 0 aliphatic rings. The zero-order chi connectivity index (χ0) is 18.7. The van der Waals surface area contributed by atoms with E-state index in [0.29, 0.717) is 22.9 Å². The molecule has 2 aromatic carbocycles. The molecule has 0 unspecified atom stereocenters. The summed E-state index contributed by atoms with van der Waals surface area (Å²) in [5, 5.41) is 13.9. The van der Waals surface area contributed by atoms with Crippen LogP contribution >= 0.6 is 23.5 Å². The maximum Gasteiger partial charge on any atom is 0.153 e. The maximum atomic E-state index is 9.03. The summed E-state index contributed by atoms with van der Waals surface area (Å²) in [7, 11) is 1.89. The lowest BCUT2D eigenvalue weighted by atomic mass is 10.0. The summed E-state index contributed by atoms with van der Waals surface area (Å²) in [6.45, 7) is 2.61. The predicted molar refractivity (Wildman–Crippen MR) is 107 cm³/mol. The van der Waals surface area contributed by atoms with Gasteiger partial charge in [0.25, 0.3) is 0 Å². The first kappa shape index (κ1) is 18.3. The second-order valence-electron chi connectivity index (χ2n) is 5.76. The van der Waals surface area contributed by atoms with E-state index in [1.54, 1.807) is 24.1 Å². The molecule has 132 valence electrons. The molecule has 0 radical (unpaired) electrons. The smallest absolute Gasteiger partial charge is 0.153 e. The lowest BCUT2D eigenvalue weighted by Crippen LogP contribution is -2.04. The van der Waals surface area contributed by atoms with Crippen molar-refractivity contribution in [2.75, 3.05) is 12.8 Å². The lowest BCUT2D eigenvalue weighted by Gasteiger charge is -2.07. The van der Waals surface area contributed by atoms with Crippen LogP contribution in [0.15, 0.2) is 47.4 Å². The molecule has 0 fully saturated rings. The average molecular weight is 384 g/mol. The molecule has 1 aromatic heterocycles. The van der Waals surface area contributed by atoms with Crippen molar-refractivity contribution in [1.29, 1.82) is 5.26 Å². The molecule has 0 aliphatic heterocycles. The van der Waals surface area contributed by atoms with Gasteiger partial charge in [0.2, 0.25) is 0 Å². The molecule has 3 aromatic rings. The van der Waals surface area contributed by atoms with E-state index in [0.717, 1.165) is 27.3 Å². The van der Waals surface area contributed by atoms with Crippen LogP contribution in [0.25, 0.3) is 11.1 Å². The van der Waals surface area contributed by atoms with Gasteiger partial charge in [0, 0.05) is 16.2 Å². The van der Waals surface area contributed by atoms with Crippen LogP contribution in [-0.4, -0.2) is 16.8 Å². The molecule has 0 atom stereocenters. The molecule has 0 saturated heterocycles. The zero-order valence-corrected chi connectivity index (χ0v) is 16.0. The Kier molecular flexibility index (Phi) is 5.52. The van der Waals surface area contributed by atoms with Crippen LogP contribution in [0.5, 0.6) is 0 Å². The summed E-state index contributed by atoms with van der Waals surface area (Å²) in [5.41, 5.74) is 10.4.